The lowest BCUT2D eigenvalue weighted by Gasteiger charge is -2.10. The molecule has 2 aromatic carbocycles. The van der Waals surface area contributed by atoms with Crippen LogP contribution in [-0.4, -0.2) is 16.0 Å². The van der Waals surface area contributed by atoms with Gasteiger partial charge in [-0.3, -0.25) is 9.59 Å². The second-order valence-corrected chi connectivity index (χ2v) is 7.44. The number of pyridine rings is 1. The Bertz CT molecular complexity index is 1050. The van der Waals surface area contributed by atoms with Gasteiger partial charge in [-0.1, -0.05) is 45.7 Å². The minimum Gasteiger partial charge on any atom is -0.506 e. The molecule has 25 heavy (non-hydrogen) atoms. The molecule has 128 valence electrons. The van der Waals surface area contributed by atoms with Gasteiger partial charge < -0.3 is 15.4 Å². The van der Waals surface area contributed by atoms with Crippen molar-refractivity contribution < 1.29 is 9.90 Å². The summed E-state index contributed by atoms with van der Waals surface area (Å²) in [6.07, 6.45) is 0. The van der Waals surface area contributed by atoms with Gasteiger partial charge in [0, 0.05) is 25.9 Å². The van der Waals surface area contributed by atoms with Crippen LogP contribution in [0.25, 0.3) is 10.9 Å². The van der Waals surface area contributed by atoms with Gasteiger partial charge in [0.25, 0.3) is 11.5 Å². The van der Waals surface area contributed by atoms with Gasteiger partial charge in [0.15, 0.2) is 0 Å². The molecule has 3 aromatic rings. The Morgan fingerprint density at radius 3 is 2.68 bits per heavy atom. The molecule has 5 nitrogen and oxygen atoms in total. The third kappa shape index (κ3) is 3.58. The highest BCUT2D eigenvalue weighted by molar-refractivity contribution is 9.11. The van der Waals surface area contributed by atoms with E-state index in [1.165, 1.54) is 0 Å². The van der Waals surface area contributed by atoms with Crippen LogP contribution in [0.15, 0.2) is 50.1 Å². The number of hydrogen-bond donors (Lipinski definition) is 3. The maximum absolute atomic E-state index is 12.4. The van der Waals surface area contributed by atoms with E-state index in [4.69, 9.17) is 11.6 Å². The van der Waals surface area contributed by atoms with Crippen LogP contribution in [0.2, 0.25) is 5.02 Å². The number of aromatic nitrogens is 1. The first-order valence-corrected chi connectivity index (χ1v) is 9.10. The van der Waals surface area contributed by atoms with E-state index < -0.39 is 11.5 Å². The predicted molar refractivity (Wildman–Crippen MR) is 104 cm³/mol. The normalized spacial score (nSPS) is 10.8. The van der Waals surface area contributed by atoms with Crippen molar-refractivity contribution in [1.82, 2.24) is 10.3 Å². The first-order valence-electron chi connectivity index (χ1n) is 7.14. The quantitative estimate of drug-likeness (QED) is 0.515. The van der Waals surface area contributed by atoms with Gasteiger partial charge in [-0.05, 0) is 39.7 Å². The lowest BCUT2D eigenvalue weighted by atomic mass is 10.1. The van der Waals surface area contributed by atoms with Crippen LogP contribution in [0.4, 0.5) is 0 Å². The van der Waals surface area contributed by atoms with Crippen LogP contribution < -0.4 is 10.9 Å². The molecule has 0 saturated carbocycles. The van der Waals surface area contributed by atoms with E-state index in [-0.39, 0.29) is 17.9 Å². The third-order valence-corrected chi connectivity index (χ3v) is 5.09. The highest BCUT2D eigenvalue weighted by Crippen LogP contribution is 2.32. The Morgan fingerprint density at radius 1 is 1.24 bits per heavy atom. The number of rotatable bonds is 3. The largest absolute Gasteiger partial charge is 0.506 e. The number of hydrogen-bond acceptors (Lipinski definition) is 3. The lowest BCUT2D eigenvalue weighted by molar-refractivity contribution is 0.0947. The summed E-state index contributed by atoms with van der Waals surface area (Å²) in [6, 6.07) is 10.4. The maximum Gasteiger partial charge on any atom is 0.265 e. The number of H-pyrrole nitrogens is 1. The molecule has 0 aliphatic heterocycles. The minimum atomic E-state index is -0.684. The van der Waals surface area contributed by atoms with Gasteiger partial charge in [-0.2, -0.15) is 0 Å². The molecule has 3 N–H and O–H groups in total. The zero-order valence-electron chi connectivity index (χ0n) is 12.6. The van der Waals surface area contributed by atoms with Crippen molar-refractivity contribution in [2.75, 3.05) is 0 Å². The number of amides is 1. The molecule has 8 heteroatoms. The average molecular weight is 487 g/mol. The topological polar surface area (TPSA) is 82.2 Å². The summed E-state index contributed by atoms with van der Waals surface area (Å²) in [4.78, 5) is 27.3. The van der Waals surface area contributed by atoms with Crippen molar-refractivity contribution >= 4 is 60.3 Å². The fourth-order valence-electron chi connectivity index (χ4n) is 2.42. The Hall–Kier alpha value is -1.83. The summed E-state index contributed by atoms with van der Waals surface area (Å²) < 4.78 is 1.28. The summed E-state index contributed by atoms with van der Waals surface area (Å²) in [5.74, 6) is -1.06. The Labute approximate surface area is 164 Å². The van der Waals surface area contributed by atoms with E-state index in [0.29, 0.717) is 30.4 Å². The fourth-order valence-corrected chi connectivity index (χ4v) is 3.95. The highest BCUT2D eigenvalue weighted by atomic mass is 79.9. The Kier molecular flexibility index (Phi) is 5.17. The molecular weight excluding hydrogens is 475 g/mol. The molecule has 1 heterocycles. The molecule has 3 rings (SSSR count). The molecule has 0 unspecified atom stereocenters. The van der Waals surface area contributed by atoms with Crippen LogP contribution in [0.5, 0.6) is 5.75 Å². The average Bonchev–Trinajstić information content (AvgIpc) is 2.55. The van der Waals surface area contributed by atoms with Crippen molar-refractivity contribution in [3.8, 4) is 5.75 Å². The number of carbonyl (C=O) groups excluding carboxylic acids is 1. The number of aromatic hydroxyl groups is 1. The molecule has 0 atom stereocenters. The molecule has 1 aromatic heterocycles. The van der Waals surface area contributed by atoms with E-state index in [2.05, 4.69) is 42.2 Å². The lowest BCUT2D eigenvalue weighted by Crippen LogP contribution is -2.29. The smallest absolute Gasteiger partial charge is 0.265 e. The summed E-state index contributed by atoms with van der Waals surface area (Å²) in [7, 11) is 0. The minimum absolute atomic E-state index is 0.137. The standard InChI is InChI=1S/C17H11Br2ClN2O3/c18-9-5-10-14(11(19)6-9)22-17(25)13(15(10)23)16(24)21-7-8-3-1-2-4-12(8)20/h1-6H,7H2,(H,21,24)(H2,22,23,25). The van der Waals surface area contributed by atoms with Crippen molar-refractivity contribution in [3.05, 3.63) is 71.8 Å². The van der Waals surface area contributed by atoms with Gasteiger partial charge in [0.05, 0.1) is 5.52 Å². The molecule has 0 radical (unpaired) electrons. The van der Waals surface area contributed by atoms with Crippen LogP contribution in [0, 0.1) is 0 Å². The molecule has 0 bridgehead atoms. The number of halogens is 3. The molecule has 0 saturated heterocycles. The van der Waals surface area contributed by atoms with Crippen molar-refractivity contribution in [3.63, 3.8) is 0 Å². The monoisotopic (exact) mass is 484 g/mol. The Balaban J connectivity index is 1.99. The number of benzene rings is 2. The molecule has 1 amide bonds. The molecule has 0 spiro atoms. The molecule has 0 fully saturated rings. The molecule has 0 aliphatic rings. The first kappa shape index (κ1) is 18.0. The maximum atomic E-state index is 12.4. The summed E-state index contributed by atoms with van der Waals surface area (Å²) in [5.41, 5.74) is 0.0994. The number of nitrogens with one attached hydrogen (secondary N) is 2. The molecular formula is C17H11Br2ClN2O3. The fraction of sp³-hybridized carbons (Fsp3) is 0.0588. The van der Waals surface area contributed by atoms with E-state index in [1.54, 1.807) is 36.4 Å². The molecule has 0 aliphatic carbocycles. The highest BCUT2D eigenvalue weighted by Gasteiger charge is 2.20. The SMILES string of the molecule is O=C(NCc1ccccc1Cl)c1c(O)c2cc(Br)cc(Br)c2[nH]c1=O. The van der Waals surface area contributed by atoms with Crippen molar-refractivity contribution in [2.45, 2.75) is 6.54 Å². The second kappa shape index (κ2) is 7.19. The Morgan fingerprint density at radius 2 is 1.96 bits per heavy atom. The van der Waals surface area contributed by atoms with E-state index in [9.17, 15) is 14.7 Å². The zero-order valence-corrected chi connectivity index (χ0v) is 16.5. The van der Waals surface area contributed by atoms with Gasteiger partial charge in [0.2, 0.25) is 0 Å². The van der Waals surface area contributed by atoms with Crippen LogP contribution in [0.3, 0.4) is 0 Å². The van der Waals surface area contributed by atoms with Gasteiger partial charge in [0.1, 0.15) is 11.3 Å². The van der Waals surface area contributed by atoms with Gasteiger partial charge in [-0.15, -0.1) is 0 Å². The number of carbonyl (C=O) groups is 1. The summed E-state index contributed by atoms with van der Waals surface area (Å²) >= 11 is 12.7. The van der Waals surface area contributed by atoms with Crippen molar-refractivity contribution in [1.29, 1.82) is 0 Å². The van der Waals surface area contributed by atoms with Gasteiger partial charge in [-0.25, -0.2) is 0 Å². The van der Waals surface area contributed by atoms with Crippen LogP contribution in [-0.2, 0) is 6.54 Å². The van der Waals surface area contributed by atoms with Crippen molar-refractivity contribution in [2.24, 2.45) is 0 Å². The summed E-state index contributed by atoms with van der Waals surface area (Å²) in [6.45, 7) is 0.137. The van der Waals surface area contributed by atoms with E-state index >= 15 is 0 Å². The van der Waals surface area contributed by atoms with Crippen LogP contribution >= 0.6 is 43.5 Å². The third-order valence-electron chi connectivity index (χ3n) is 3.64. The number of fused-ring (bicyclic) bond motifs is 1. The number of aromatic amines is 1. The van der Waals surface area contributed by atoms with Crippen LogP contribution in [0.1, 0.15) is 15.9 Å². The summed E-state index contributed by atoms with van der Waals surface area (Å²) in [5, 5.41) is 13.9. The second-order valence-electron chi connectivity index (χ2n) is 5.26. The van der Waals surface area contributed by atoms with E-state index in [0.717, 1.165) is 0 Å². The first-order chi connectivity index (χ1) is 11.9. The van der Waals surface area contributed by atoms with E-state index in [1.807, 2.05) is 0 Å². The zero-order chi connectivity index (χ0) is 18.1. The predicted octanol–water partition coefficient (Wildman–Crippen LogP) is 4.34. The van der Waals surface area contributed by atoms with Gasteiger partial charge >= 0.3 is 0 Å².